The predicted molar refractivity (Wildman–Crippen MR) is 213 cm³/mol. The van der Waals surface area contributed by atoms with Crippen molar-refractivity contribution in [3.05, 3.63) is 123 Å². The first-order valence-electron chi connectivity index (χ1n) is 17.6. The quantitative estimate of drug-likeness (QED) is 0.126. The van der Waals surface area contributed by atoms with Crippen LogP contribution in [0.4, 0.5) is 8.78 Å². The second-order valence-corrected chi connectivity index (χ2v) is 14.7. The summed E-state index contributed by atoms with van der Waals surface area (Å²) in [4.78, 5) is 0. The summed E-state index contributed by atoms with van der Waals surface area (Å²) in [5, 5.41) is 55.9. The highest BCUT2D eigenvalue weighted by atomic mass is 79.9. The first-order chi connectivity index (χ1) is 26.7. The maximum Gasteiger partial charge on any atom is 0.511 e. The highest BCUT2D eigenvalue weighted by Crippen LogP contribution is 2.28. The van der Waals surface area contributed by atoms with Crippen LogP contribution in [0.5, 0.6) is 0 Å². The molecule has 290 valence electrons. The molecule has 2 N–H and O–H groups in total. The number of rotatable bonds is 7. The number of alkyl halides is 1. The lowest BCUT2D eigenvalue weighted by Gasteiger charge is -2.14. The van der Waals surface area contributed by atoms with Gasteiger partial charge >= 0.3 is 7.12 Å². The van der Waals surface area contributed by atoms with Gasteiger partial charge in [0, 0.05) is 47.4 Å². The fourth-order valence-corrected chi connectivity index (χ4v) is 7.29. The Kier molecular flexibility index (Phi) is 13.8. The van der Waals surface area contributed by atoms with Gasteiger partial charge in [-0.2, -0.15) is 30.9 Å². The number of fused-ring (bicyclic) bond motifs is 3. The van der Waals surface area contributed by atoms with Crippen molar-refractivity contribution in [1.82, 2.24) is 39.1 Å². The van der Waals surface area contributed by atoms with Crippen molar-refractivity contribution in [2.45, 2.75) is 77.6 Å². The predicted octanol–water partition coefficient (Wildman–Crippen LogP) is 7.09. The number of aromatic nitrogens is 8. The fraction of sp³-hybridized carbons (Fsp3) is 0.316. The van der Waals surface area contributed by atoms with Crippen molar-refractivity contribution < 1.29 is 23.6 Å². The molecule has 2 aromatic carbocycles. The molecule has 6 aromatic rings. The highest BCUT2D eigenvalue weighted by Gasteiger charge is 2.31. The van der Waals surface area contributed by atoms with E-state index in [1.807, 2.05) is 33.8 Å². The second kappa shape index (κ2) is 18.3. The van der Waals surface area contributed by atoms with E-state index in [9.17, 15) is 24.2 Å². The maximum absolute atomic E-state index is 13.6. The van der Waals surface area contributed by atoms with Crippen LogP contribution < -0.4 is 5.59 Å². The molecule has 1 aliphatic rings. The first-order valence-corrected chi connectivity index (χ1v) is 19.5. The van der Waals surface area contributed by atoms with Crippen LogP contribution in [-0.2, 0) is 16.4 Å². The first kappa shape index (κ1) is 42.2. The van der Waals surface area contributed by atoms with Gasteiger partial charge in [-0.25, -0.2) is 18.1 Å². The lowest BCUT2D eigenvalue weighted by Crippen LogP contribution is -2.37. The number of nitriles is 2. The Balaban J connectivity index is 0.000000172. The molecule has 7 rings (SSSR count). The third-order valence-corrected chi connectivity index (χ3v) is 10.1. The molecule has 0 amide bonds. The molecule has 0 saturated heterocycles. The average Bonchev–Trinajstić information content (AvgIpc) is 3.97. The lowest BCUT2D eigenvalue weighted by atomic mass is 9.85. The van der Waals surface area contributed by atoms with Crippen LogP contribution in [0.25, 0.3) is 11.4 Å². The number of benzene rings is 2. The SMILES string of the molecule is CC(C)n1nc(CBr)c(Br)c1C#N.CC(C)n1nc(Cc2ccnn2-c2ccc(F)cc2[C@@H](C)O)cc1C#N.C[C@H]1OB(O)c2ccnn2-c2ccc(F)cc21. The minimum absolute atomic E-state index is 0.0854. The number of hydrogen-bond donors (Lipinski definition) is 2. The zero-order valence-corrected chi connectivity index (χ0v) is 34.6. The second-order valence-electron chi connectivity index (χ2n) is 13.4. The Morgan fingerprint density at radius 1 is 0.875 bits per heavy atom. The number of hydrogen-bond acceptors (Lipinski definition) is 9. The van der Waals surface area contributed by atoms with Gasteiger partial charge in [-0.3, -0.25) is 9.36 Å². The van der Waals surface area contributed by atoms with Gasteiger partial charge < -0.3 is 14.8 Å². The average molecular weight is 892 g/mol. The summed E-state index contributed by atoms with van der Waals surface area (Å²) in [6, 6.07) is 18.5. The van der Waals surface area contributed by atoms with Crippen LogP contribution in [0.1, 0.15) is 105 Å². The van der Waals surface area contributed by atoms with E-state index in [0.29, 0.717) is 45.5 Å². The van der Waals surface area contributed by atoms with Gasteiger partial charge in [0.15, 0.2) is 5.69 Å². The Hall–Kier alpha value is -4.98. The third-order valence-electron chi connectivity index (χ3n) is 8.70. The summed E-state index contributed by atoms with van der Waals surface area (Å²) >= 11 is 6.67. The largest absolute Gasteiger partial charge is 0.511 e. The van der Waals surface area contributed by atoms with E-state index in [-0.39, 0.29) is 17.9 Å². The summed E-state index contributed by atoms with van der Waals surface area (Å²) in [5.41, 5.74) is 6.56. The van der Waals surface area contributed by atoms with E-state index in [2.05, 4.69) is 64.4 Å². The standard InChI is InChI=1S/C19H20FN5O.C11H10BFN2O2.C8H9Br2N3/c1-12(2)24-17(11-21)10-15(23-24)9-16-6-7-22-25(16)19-5-4-14(20)8-18(19)13(3)26;1-7-9-6-8(13)2-3-10(9)15-11(4-5-14-15)12(16)17-7;1-5(2)13-7(4-11)8(10)6(3-9)12-13/h4-8,10,12-13,26H,9H2,1-3H3;2-7,16H,1H3;5H,3H2,1-2H3/t13-;7-;/m11./s1. The Morgan fingerprint density at radius 3 is 2.11 bits per heavy atom. The van der Waals surface area contributed by atoms with E-state index in [4.69, 9.17) is 9.92 Å². The molecule has 0 saturated carbocycles. The van der Waals surface area contributed by atoms with Gasteiger partial charge in [0.05, 0.1) is 50.7 Å². The van der Waals surface area contributed by atoms with E-state index in [0.717, 1.165) is 27.2 Å². The van der Waals surface area contributed by atoms with Crippen molar-refractivity contribution >= 4 is 44.6 Å². The minimum atomic E-state index is -1.05. The molecule has 0 unspecified atom stereocenters. The van der Waals surface area contributed by atoms with Gasteiger partial charge in [-0.1, -0.05) is 15.9 Å². The number of halogens is 4. The Bertz CT molecular complexity index is 2390. The molecule has 1 aliphatic heterocycles. The Morgan fingerprint density at radius 2 is 1.52 bits per heavy atom. The molecule has 0 fully saturated rings. The van der Waals surface area contributed by atoms with Gasteiger partial charge in [0.2, 0.25) is 0 Å². The molecule has 13 nitrogen and oxygen atoms in total. The molecule has 0 radical (unpaired) electrons. The van der Waals surface area contributed by atoms with Gasteiger partial charge in [-0.15, -0.1) is 0 Å². The normalized spacial score (nSPS) is 13.8. The van der Waals surface area contributed by atoms with E-state index in [1.54, 1.807) is 69.2 Å². The van der Waals surface area contributed by atoms with Crippen molar-refractivity contribution in [3.63, 3.8) is 0 Å². The van der Waals surface area contributed by atoms with Crippen molar-refractivity contribution in [3.8, 4) is 23.5 Å². The van der Waals surface area contributed by atoms with Crippen LogP contribution in [0.3, 0.4) is 0 Å². The van der Waals surface area contributed by atoms with Crippen LogP contribution in [-0.4, -0.2) is 56.4 Å². The maximum atomic E-state index is 13.6. The van der Waals surface area contributed by atoms with Crippen LogP contribution in [0.2, 0.25) is 0 Å². The summed E-state index contributed by atoms with van der Waals surface area (Å²) in [6.07, 6.45) is 2.46. The van der Waals surface area contributed by atoms with Crippen LogP contribution in [0, 0.1) is 34.3 Å². The van der Waals surface area contributed by atoms with E-state index < -0.39 is 25.1 Å². The fourth-order valence-electron chi connectivity index (χ4n) is 6.03. The molecular formula is C38H39BBr2F2N10O3. The molecule has 2 atom stereocenters. The van der Waals surface area contributed by atoms with Crippen molar-refractivity contribution in [1.29, 1.82) is 10.5 Å². The number of aliphatic hydroxyl groups is 1. The topological polar surface area (TPSA) is 169 Å². The number of aliphatic hydroxyl groups excluding tert-OH is 1. The van der Waals surface area contributed by atoms with Crippen molar-refractivity contribution in [2.24, 2.45) is 0 Å². The molecule has 18 heteroatoms. The van der Waals surface area contributed by atoms with Crippen molar-refractivity contribution in [2.75, 3.05) is 0 Å². The molecular weight excluding hydrogens is 853 g/mol. The Labute approximate surface area is 340 Å². The molecule has 5 heterocycles. The monoisotopic (exact) mass is 890 g/mol. The van der Waals surface area contributed by atoms with Gasteiger partial charge in [0.1, 0.15) is 29.5 Å². The molecule has 0 aliphatic carbocycles. The summed E-state index contributed by atoms with van der Waals surface area (Å²) in [5.74, 6) is -0.739. The smallest absolute Gasteiger partial charge is 0.422 e. The zero-order valence-electron chi connectivity index (χ0n) is 31.4. The summed E-state index contributed by atoms with van der Waals surface area (Å²) < 4.78 is 39.7. The van der Waals surface area contributed by atoms with Gasteiger partial charge in [0.25, 0.3) is 0 Å². The summed E-state index contributed by atoms with van der Waals surface area (Å²) in [7, 11) is -1.05. The minimum Gasteiger partial charge on any atom is -0.422 e. The summed E-state index contributed by atoms with van der Waals surface area (Å²) in [6.45, 7) is 11.3. The van der Waals surface area contributed by atoms with Crippen LogP contribution in [0.15, 0.2) is 71.5 Å². The number of nitrogens with zero attached hydrogens (tertiary/aromatic N) is 10. The van der Waals surface area contributed by atoms with E-state index >= 15 is 0 Å². The molecule has 56 heavy (non-hydrogen) atoms. The lowest BCUT2D eigenvalue weighted by molar-refractivity contribution is 0.194. The van der Waals surface area contributed by atoms with Crippen LogP contribution >= 0.6 is 31.9 Å². The third kappa shape index (κ3) is 9.17. The molecule has 0 spiro atoms. The molecule has 0 bridgehead atoms. The highest BCUT2D eigenvalue weighted by molar-refractivity contribution is 9.10. The van der Waals surface area contributed by atoms with Gasteiger partial charge in [-0.05, 0) is 112 Å². The molecule has 4 aromatic heterocycles. The van der Waals surface area contributed by atoms with E-state index in [1.165, 1.54) is 24.3 Å². The zero-order chi connectivity index (χ0) is 40.8.